The van der Waals surface area contributed by atoms with Gasteiger partial charge in [-0.05, 0) is 42.5 Å². The van der Waals surface area contributed by atoms with Gasteiger partial charge < -0.3 is 5.11 Å². The molecule has 0 aliphatic carbocycles. The predicted octanol–water partition coefficient (Wildman–Crippen LogP) is 2.84. The minimum Gasteiger partial charge on any atom is -0.381 e. The van der Waals surface area contributed by atoms with Crippen molar-refractivity contribution < 1.29 is 5.11 Å². The Hall–Kier alpha value is -1.19. The summed E-state index contributed by atoms with van der Waals surface area (Å²) in [6.07, 6.45) is 1.19. The third kappa shape index (κ3) is 2.08. The number of aryl methyl sites for hydroxylation is 2. The van der Waals surface area contributed by atoms with Gasteiger partial charge in [-0.2, -0.15) is 0 Å². The molecular weight excluding hydrogens is 206 g/mol. The first-order valence-electron chi connectivity index (χ1n) is 4.83. The Morgan fingerprint density at radius 1 is 1.27 bits per heavy atom. The molecule has 1 unspecified atom stereocenters. The Bertz CT molecular complexity index is 447. The Kier molecular flexibility index (Phi) is 2.84. The summed E-state index contributed by atoms with van der Waals surface area (Å²) in [5.41, 5.74) is 2.94. The lowest BCUT2D eigenvalue weighted by molar-refractivity contribution is 0.218. The lowest BCUT2D eigenvalue weighted by Gasteiger charge is -2.09. The van der Waals surface area contributed by atoms with Crippen LogP contribution in [0.25, 0.3) is 0 Å². The maximum Gasteiger partial charge on any atom is 0.130 e. The normalized spacial score (nSPS) is 12.7. The fourth-order valence-corrected chi connectivity index (χ4v) is 2.36. The van der Waals surface area contributed by atoms with E-state index >= 15 is 0 Å². The fourth-order valence-electron chi connectivity index (χ4n) is 1.44. The molecule has 1 atom stereocenters. The zero-order valence-corrected chi connectivity index (χ0v) is 9.58. The van der Waals surface area contributed by atoms with Crippen LogP contribution in [0, 0.1) is 13.8 Å². The van der Waals surface area contributed by atoms with Crippen LogP contribution >= 0.6 is 11.3 Å². The molecule has 0 aromatic carbocycles. The smallest absolute Gasteiger partial charge is 0.130 e. The highest BCUT2D eigenvalue weighted by Gasteiger charge is 2.14. The molecule has 2 rings (SSSR count). The van der Waals surface area contributed by atoms with E-state index in [0.717, 1.165) is 16.0 Å². The van der Waals surface area contributed by atoms with Gasteiger partial charge >= 0.3 is 0 Å². The molecule has 0 saturated heterocycles. The van der Waals surface area contributed by atoms with E-state index in [4.69, 9.17) is 0 Å². The molecule has 2 heterocycles. The monoisotopic (exact) mass is 219 g/mol. The Balaban J connectivity index is 2.32. The number of aromatic nitrogens is 1. The minimum absolute atomic E-state index is 0.592. The number of pyridine rings is 1. The summed E-state index contributed by atoms with van der Waals surface area (Å²) in [5, 5.41) is 12.1. The van der Waals surface area contributed by atoms with E-state index in [9.17, 15) is 5.11 Å². The molecule has 2 aromatic heterocycles. The van der Waals surface area contributed by atoms with Crippen molar-refractivity contribution in [1.29, 1.82) is 0 Å². The first-order chi connectivity index (χ1) is 7.18. The summed E-state index contributed by atoms with van der Waals surface area (Å²) in [4.78, 5) is 5.21. The largest absolute Gasteiger partial charge is 0.381 e. The second kappa shape index (κ2) is 4.13. The van der Waals surface area contributed by atoms with Crippen molar-refractivity contribution in [1.82, 2.24) is 4.98 Å². The predicted molar refractivity (Wildman–Crippen MR) is 62.1 cm³/mol. The molecule has 15 heavy (non-hydrogen) atoms. The number of hydrogen-bond acceptors (Lipinski definition) is 3. The Morgan fingerprint density at radius 3 is 2.60 bits per heavy atom. The molecule has 3 heteroatoms. The van der Waals surface area contributed by atoms with Crippen molar-refractivity contribution in [2.45, 2.75) is 20.0 Å². The number of nitrogens with zero attached hydrogens (tertiary/aromatic N) is 1. The van der Waals surface area contributed by atoms with E-state index in [0.29, 0.717) is 5.69 Å². The van der Waals surface area contributed by atoms with Gasteiger partial charge in [0.05, 0.1) is 5.69 Å². The van der Waals surface area contributed by atoms with Crippen LogP contribution in [0.1, 0.15) is 27.8 Å². The van der Waals surface area contributed by atoms with Crippen molar-refractivity contribution in [3.63, 3.8) is 0 Å². The van der Waals surface area contributed by atoms with Crippen LogP contribution in [0.15, 0.2) is 29.8 Å². The summed E-state index contributed by atoms with van der Waals surface area (Å²) < 4.78 is 0. The lowest BCUT2D eigenvalue weighted by atomic mass is 10.1. The van der Waals surface area contributed by atoms with E-state index in [2.05, 4.69) is 4.98 Å². The first-order valence-corrected chi connectivity index (χ1v) is 5.71. The topological polar surface area (TPSA) is 33.1 Å². The molecule has 2 nitrogen and oxygen atoms in total. The first kappa shape index (κ1) is 10.3. The molecular formula is C12H13NOS. The number of rotatable bonds is 2. The highest BCUT2D eigenvalue weighted by atomic mass is 32.1. The lowest BCUT2D eigenvalue weighted by Crippen LogP contribution is -2.01. The summed E-state index contributed by atoms with van der Waals surface area (Å²) in [5.74, 6) is 0. The Labute approximate surface area is 93.2 Å². The van der Waals surface area contributed by atoms with Crippen molar-refractivity contribution in [3.05, 3.63) is 51.5 Å². The second-order valence-corrected chi connectivity index (χ2v) is 4.58. The van der Waals surface area contributed by atoms with Gasteiger partial charge in [0.1, 0.15) is 6.10 Å². The maximum absolute atomic E-state index is 10.1. The average Bonchev–Trinajstić information content (AvgIpc) is 2.65. The van der Waals surface area contributed by atoms with Crippen LogP contribution in [0.4, 0.5) is 0 Å². The van der Waals surface area contributed by atoms with Crippen molar-refractivity contribution >= 4 is 11.3 Å². The number of hydrogen-bond donors (Lipinski definition) is 1. The molecule has 1 N–H and O–H groups in total. The number of aliphatic hydroxyl groups is 1. The van der Waals surface area contributed by atoms with E-state index in [1.54, 1.807) is 17.5 Å². The van der Waals surface area contributed by atoms with Crippen molar-refractivity contribution in [2.75, 3.05) is 0 Å². The second-order valence-electron chi connectivity index (χ2n) is 3.63. The summed E-state index contributed by atoms with van der Waals surface area (Å²) >= 11 is 1.57. The minimum atomic E-state index is -0.592. The van der Waals surface area contributed by atoms with Crippen LogP contribution in [0.3, 0.4) is 0 Å². The van der Waals surface area contributed by atoms with Crippen LogP contribution in [-0.4, -0.2) is 10.1 Å². The van der Waals surface area contributed by atoms with Crippen LogP contribution in [0.2, 0.25) is 0 Å². The zero-order valence-electron chi connectivity index (χ0n) is 8.77. The average molecular weight is 219 g/mol. The maximum atomic E-state index is 10.1. The van der Waals surface area contributed by atoms with Gasteiger partial charge in [-0.15, -0.1) is 11.3 Å². The highest BCUT2D eigenvalue weighted by molar-refractivity contribution is 7.10. The van der Waals surface area contributed by atoms with Crippen LogP contribution < -0.4 is 0 Å². The molecule has 0 fully saturated rings. The third-order valence-corrected chi connectivity index (χ3v) is 3.44. The van der Waals surface area contributed by atoms with Crippen molar-refractivity contribution in [3.8, 4) is 0 Å². The standard InChI is InChI=1S/C12H13NOS/c1-8-3-4-10(13-7-8)11(14)12-9(2)5-6-15-12/h3-7,11,14H,1-2H3. The third-order valence-electron chi connectivity index (χ3n) is 2.36. The molecule has 0 aliphatic heterocycles. The molecule has 78 valence electrons. The molecule has 0 bridgehead atoms. The van der Waals surface area contributed by atoms with E-state index < -0.39 is 6.10 Å². The number of aliphatic hydroxyl groups excluding tert-OH is 1. The van der Waals surface area contributed by atoms with Gasteiger partial charge in [-0.25, -0.2) is 0 Å². The highest BCUT2D eigenvalue weighted by Crippen LogP contribution is 2.27. The van der Waals surface area contributed by atoms with Gasteiger partial charge in [0, 0.05) is 11.1 Å². The molecule has 0 spiro atoms. The zero-order chi connectivity index (χ0) is 10.8. The van der Waals surface area contributed by atoms with Crippen LogP contribution in [-0.2, 0) is 0 Å². The molecule has 0 saturated carbocycles. The van der Waals surface area contributed by atoms with Gasteiger partial charge in [-0.3, -0.25) is 4.98 Å². The summed E-state index contributed by atoms with van der Waals surface area (Å²) in [7, 11) is 0. The van der Waals surface area contributed by atoms with Crippen LogP contribution in [0.5, 0.6) is 0 Å². The van der Waals surface area contributed by atoms with Crippen molar-refractivity contribution in [2.24, 2.45) is 0 Å². The summed E-state index contributed by atoms with van der Waals surface area (Å²) in [6.45, 7) is 3.99. The van der Waals surface area contributed by atoms with Gasteiger partial charge in [0.2, 0.25) is 0 Å². The number of thiophene rings is 1. The SMILES string of the molecule is Cc1ccc(C(O)c2sccc2C)nc1. The summed E-state index contributed by atoms with van der Waals surface area (Å²) in [6, 6.07) is 5.85. The van der Waals surface area contributed by atoms with Gasteiger partial charge in [-0.1, -0.05) is 6.07 Å². The van der Waals surface area contributed by atoms with E-state index in [-0.39, 0.29) is 0 Å². The molecule has 0 radical (unpaired) electrons. The van der Waals surface area contributed by atoms with Gasteiger partial charge in [0.25, 0.3) is 0 Å². The van der Waals surface area contributed by atoms with E-state index in [1.807, 2.05) is 37.4 Å². The molecule has 0 amide bonds. The molecule has 2 aromatic rings. The Morgan fingerprint density at radius 2 is 2.07 bits per heavy atom. The fraction of sp³-hybridized carbons (Fsp3) is 0.250. The quantitative estimate of drug-likeness (QED) is 0.842. The molecule has 0 aliphatic rings. The van der Waals surface area contributed by atoms with Gasteiger partial charge in [0.15, 0.2) is 0 Å². The van der Waals surface area contributed by atoms with E-state index in [1.165, 1.54) is 0 Å².